The van der Waals surface area contributed by atoms with Crippen molar-refractivity contribution < 1.29 is 4.79 Å². The van der Waals surface area contributed by atoms with Crippen LogP contribution in [0.5, 0.6) is 0 Å². The smallest absolute Gasteiger partial charge is 0.266 e. The van der Waals surface area contributed by atoms with Crippen molar-refractivity contribution >= 4 is 49.9 Å². The molecule has 0 atom stereocenters. The molecule has 1 N–H and O–H groups in total. The Balaban J connectivity index is 1.88. The number of pyridine rings is 1. The van der Waals surface area contributed by atoms with E-state index in [0.29, 0.717) is 10.6 Å². The molecule has 5 nitrogen and oxygen atoms in total. The predicted octanol–water partition coefficient (Wildman–Crippen LogP) is 4.09. The molecule has 3 aromatic heterocycles. The molecule has 0 aromatic carbocycles. The maximum absolute atomic E-state index is 12.2. The Morgan fingerprint density at radius 1 is 1.43 bits per heavy atom. The zero-order valence-electron chi connectivity index (χ0n) is 11.5. The Kier molecular flexibility index (Phi) is 3.77. The van der Waals surface area contributed by atoms with Crippen LogP contribution in [0.1, 0.15) is 29.6 Å². The number of hydrogen-bond acceptors (Lipinski definition) is 4. The van der Waals surface area contributed by atoms with Crippen LogP contribution in [-0.4, -0.2) is 20.7 Å². The second-order valence-corrected chi connectivity index (χ2v) is 6.64. The lowest BCUT2D eigenvalue weighted by Crippen LogP contribution is -2.11. The van der Waals surface area contributed by atoms with Crippen LogP contribution < -0.4 is 5.32 Å². The maximum atomic E-state index is 12.2. The Hall–Kier alpha value is -1.73. The molecule has 1 amide bonds. The molecule has 0 spiro atoms. The van der Waals surface area contributed by atoms with Crippen LogP contribution in [0.3, 0.4) is 0 Å². The molecule has 0 bridgehead atoms. The number of halogens is 1. The standard InChI is InChI=1S/C14H13BrN4OS/c1-8(2)19-13-9(6-17-19)5-10(7-16-13)18-14(20)12-11(15)3-4-21-12/h3-8H,1-2H3,(H,18,20). The fraction of sp³-hybridized carbons (Fsp3) is 0.214. The second-order valence-electron chi connectivity index (χ2n) is 4.87. The molecule has 0 aliphatic rings. The lowest BCUT2D eigenvalue weighted by Gasteiger charge is -2.07. The summed E-state index contributed by atoms with van der Waals surface area (Å²) >= 11 is 4.75. The number of carbonyl (C=O) groups excluding carboxylic acids is 1. The molecule has 0 aliphatic carbocycles. The van der Waals surface area contributed by atoms with Crippen LogP contribution >= 0.6 is 27.3 Å². The Morgan fingerprint density at radius 3 is 2.90 bits per heavy atom. The van der Waals surface area contributed by atoms with Crippen molar-refractivity contribution in [2.75, 3.05) is 5.32 Å². The number of hydrogen-bond donors (Lipinski definition) is 1. The molecule has 3 heterocycles. The highest BCUT2D eigenvalue weighted by molar-refractivity contribution is 9.10. The van der Waals surface area contributed by atoms with E-state index in [0.717, 1.165) is 15.5 Å². The minimum atomic E-state index is -0.144. The minimum Gasteiger partial charge on any atom is -0.320 e. The summed E-state index contributed by atoms with van der Waals surface area (Å²) in [5.41, 5.74) is 1.48. The molecule has 3 aromatic rings. The maximum Gasteiger partial charge on any atom is 0.266 e. The van der Waals surface area contributed by atoms with Crippen molar-refractivity contribution in [1.82, 2.24) is 14.8 Å². The van der Waals surface area contributed by atoms with E-state index >= 15 is 0 Å². The summed E-state index contributed by atoms with van der Waals surface area (Å²) in [6, 6.07) is 3.99. The highest BCUT2D eigenvalue weighted by Gasteiger charge is 2.13. The molecule has 3 rings (SSSR count). The van der Waals surface area contributed by atoms with Crippen LogP contribution in [-0.2, 0) is 0 Å². The number of rotatable bonds is 3. The second kappa shape index (κ2) is 5.57. The van der Waals surface area contributed by atoms with Gasteiger partial charge in [0, 0.05) is 15.9 Å². The van der Waals surface area contributed by atoms with E-state index in [9.17, 15) is 4.79 Å². The number of nitrogens with one attached hydrogen (secondary N) is 1. The first-order chi connectivity index (χ1) is 10.1. The van der Waals surface area contributed by atoms with Gasteiger partial charge >= 0.3 is 0 Å². The fourth-order valence-corrected chi connectivity index (χ4v) is 3.48. The molecule has 0 saturated carbocycles. The largest absolute Gasteiger partial charge is 0.320 e. The molecular formula is C14H13BrN4OS. The SMILES string of the molecule is CC(C)n1ncc2cc(NC(=O)c3sccc3Br)cnc21. The van der Waals surface area contributed by atoms with Gasteiger partial charge < -0.3 is 5.32 Å². The third-order valence-electron chi connectivity index (χ3n) is 3.00. The minimum absolute atomic E-state index is 0.144. The number of aromatic nitrogens is 3. The Labute approximate surface area is 134 Å². The number of carbonyl (C=O) groups is 1. The first-order valence-electron chi connectivity index (χ1n) is 6.44. The van der Waals surface area contributed by atoms with Crippen LogP contribution in [0.25, 0.3) is 11.0 Å². The summed E-state index contributed by atoms with van der Waals surface area (Å²) in [7, 11) is 0. The molecular weight excluding hydrogens is 352 g/mol. The number of amides is 1. The van der Waals surface area contributed by atoms with Gasteiger partial charge in [-0.3, -0.25) is 4.79 Å². The lowest BCUT2D eigenvalue weighted by molar-refractivity contribution is 0.103. The van der Waals surface area contributed by atoms with Gasteiger partial charge in [0.2, 0.25) is 0 Å². The average molecular weight is 365 g/mol. The molecule has 108 valence electrons. The highest BCUT2D eigenvalue weighted by atomic mass is 79.9. The number of fused-ring (bicyclic) bond motifs is 1. The fourth-order valence-electron chi connectivity index (χ4n) is 2.03. The summed E-state index contributed by atoms with van der Waals surface area (Å²) in [4.78, 5) is 17.2. The number of thiophene rings is 1. The zero-order chi connectivity index (χ0) is 15.0. The van der Waals surface area contributed by atoms with E-state index in [-0.39, 0.29) is 11.9 Å². The molecule has 0 saturated heterocycles. The Morgan fingerprint density at radius 2 is 2.24 bits per heavy atom. The van der Waals surface area contributed by atoms with Crippen LogP contribution in [0, 0.1) is 0 Å². The quantitative estimate of drug-likeness (QED) is 0.761. The van der Waals surface area contributed by atoms with E-state index in [1.165, 1.54) is 11.3 Å². The van der Waals surface area contributed by atoms with Crippen LogP contribution in [0.4, 0.5) is 5.69 Å². The van der Waals surface area contributed by atoms with Gasteiger partial charge in [-0.2, -0.15) is 5.10 Å². The van der Waals surface area contributed by atoms with Gasteiger partial charge in [0.25, 0.3) is 5.91 Å². The summed E-state index contributed by atoms with van der Waals surface area (Å²) in [6.45, 7) is 4.11. The summed E-state index contributed by atoms with van der Waals surface area (Å²) in [5, 5.41) is 9.95. The summed E-state index contributed by atoms with van der Waals surface area (Å²) in [5.74, 6) is -0.144. The Bertz CT molecular complexity index is 808. The third kappa shape index (κ3) is 2.71. The van der Waals surface area contributed by atoms with Crippen molar-refractivity contribution in [2.45, 2.75) is 19.9 Å². The predicted molar refractivity (Wildman–Crippen MR) is 87.9 cm³/mol. The summed E-state index contributed by atoms with van der Waals surface area (Å²) in [6.07, 6.45) is 3.42. The van der Waals surface area contributed by atoms with Crippen LogP contribution in [0.2, 0.25) is 0 Å². The monoisotopic (exact) mass is 364 g/mol. The highest BCUT2D eigenvalue weighted by Crippen LogP contribution is 2.24. The number of anilines is 1. The van der Waals surface area contributed by atoms with E-state index in [4.69, 9.17) is 0 Å². The zero-order valence-corrected chi connectivity index (χ0v) is 13.9. The molecule has 0 radical (unpaired) electrons. The third-order valence-corrected chi connectivity index (χ3v) is 4.84. The van der Waals surface area contributed by atoms with E-state index in [1.807, 2.05) is 22.2 Å². The van der Waals surface area contributed by atoms with E-state index < -0.39 is 0 Å². The van der Waals surface area contributed by atoms with E-state index in [2.05, 4.69) is 45.2 Å². The molecule has 7 heteroatoms. The van der Waals surface area contributed by atoms with E-state index in [1.54, 1.807) is 12.4 Å². The van der Waals surface area contributed by atoms with Crippen molar-refractivity contribution in [2.24, 2.45) is 0 Å². The first kappa shape index (κ1) is 14.2. The molecule has 0 fully saturated rings. The van der Waals surface area contributed by atoms with Gasteiger partial charge in [0.1, 0.15) is 4.88 Å². The molecule has 21 heavy (non-hydrogen) atoms. The molecule has 0 unspecified atom stereocenters. The molecule has 0 aliphatic heterocycles. The van der Waals surface area contributed by atoms with Gasteiger partial charge in [-0.15, -0.1) is 11.3 Å². The normalized spacial score (nSPS) is 11.2. The van der Waals surface area contributed by atoms with Crippen molar-refractivity contribution in [3.05, 3.63) is 39.3 Å². The first-order valence-corrected chi connectivity index (χ1v) is 8.11. The van der Waals surface area contributed by atoms with Crippen LogP contribution in [0.15, 0.2) is 34.4 Å². The van der Waals surface area contributed by atoms with Gasteiger partial charge in [-0.1, -0.05) is 0 Å². The van der Waals surface area contributed by atoms with Gasteiger partial charge in [0.05, 0.1) is 18.1 Å². The lowest BCUT2D eigenvalue weighted by atomic mass is 10.3. The van der Waals surface area contributed by atoms with Crippen molar-refractivity contribution in [1.29, 1.82) is 0 Å². The van der Waals surface area contributed by atoms with Crippen molar-refractivity contribution in [3.63, 3.8) is 0 Å². The number of nitrogens with zero attached hydrogens (tertiary/aromatic N) is 3. The van der Waals surface area contributed by atoms with Gasteiger partial charge in [-0.05, 0) is 47.3 Å². The topological polar surface area (TPSA) is 59.8 Å². The van der Waals surface area contributed by atoms with Gasteiger partial charge in [-0.25, -0.2) is 9.67 Å². The van der Waals surface area contributed by atoms with Crippen molar-refractivity contribution in [3.8, 4) is 0 Å². The average Bonchev–Trinajstić information content (AvgIpc) is 3.04. The van der Waals surface area contributed by atoms with Gasteiger partial charge in [0.15, 0.2) is 5.65 Å². The summed E-state index contributed by atoms with van der Waals surface area (Å²) < 4.78 is 2.66.